The second kappa shape index (κ2) is 5.92. The van der Waals surface area contributed by atoms with Crippen LogP contribution in [0, 0.1) is 5.41 Å². The first-order valence-corrected chi connectivity index (χ1v) is 7.69. The molecule has 0 spiro atoms. The maximum Gasteiger partial charge on any atom is 0.0224 e. The molecular weight excluding hydrogens is 220 g/mol. The molecule has 1 rings (SSSR count). The number of piperazine rings is 1. The molecule has 0 amide bonds. The summed E-state index contributed by atoms with van der Waals surface area (Å²) in [7, 11) is 0. The Labute approximate surface area is 115 Å². The Kier molecular flexibility index (Phi) is 5.25. The van der Waals surface area contributed by atoms with Crippen LogP contribution in [0.3, 0.4) is 0 Å². The van der Waals surface area contributed by atoms with E-state index in [1.807, 2.05) is 0 Å². The molecule has 1 saturated heterocycles. The molecule has 0 aromatic rings. The van der Waals surface area contributed by atoms with Crippen LogP contribution in [0.1, 0.15) is 67.7 Å². The molecule has 0 aromatic heterocycles. The van der Waals surface area contributed by atoms with Gasteiger partial charge in [0.15, 0.2) is 0 Å². The number of nitrogens with one attached hydrogen (secondary N) is 1. The third-order valence-electron chi connectivity index (χ3n) is 4.20. The lowest BCUT2D eigenvalue weighted by Crippen LogP contribution is -2.63. The summed E-state index contributed by atoms with van der Waals surface area (Å²) in [4.78, 5) is 2.77. The van der Waals surface area contributed by atoms with Crippen molar-refractivity contribution in [1.82, 2.24) is 10.2 Å². The van der Waals surface area contributed by atoms with E-state index in [4.69, 9.17) is 0 Å². The lowest BCUT2D eigenvalue weighted by molar-refractivity contribution is 0.00481. The molecule has 2 heteroatoms. The first kappa shape index (κ1) is 16.0. The minimum absolute atomic E-state index is 0.300. The number of rotatable bonds is 4. The summed E-state index contributed by atoms with van der Waals surface area (Å²) < 4.78 is 0. The average molecular weight is 254 g/mol. The van der Waals surface area contributed by atoms with E-state index in [-0.39, 0.29) is 0 Å². The molecule has 1 fully saturated rings. The van der Waals surface area contributed by atoms with Crippen LogP contribution in [0.2, 0.25) is 0 Å². The van der Waals surface area contributed by atoms with Crippen molar-refractivity contribution in [2.45, 2.75) is 85.4 Å². The lowest BCUT2D eigenvalue weighted by Gasteiger charge is -2.50. The van der Waals surface area contributed by atoms with Crippen molar-refractivity contribution >= 4 is 0 Å². The second-order valence-electron chi connectivity index (χ2n) is 7.78. The van der Waals surface area contributed by atoms with Gasteiger partial charge in [-0.15, -0.1) is 0 Å². The summed E-state index contributed by atoms with van der Waals surface area (Å²) in [6.07, 6.45) is 3.74. The fourth-order valence-electron chi connectivity index (χ4n) is 3.64. The highest BCUT2D eigenvalue weighted by Gasteiger charge is 2.38. The van der Waals surface area contributed by atoms with Gasteiger partial charge in [0, 0.05) is 30.7 Å². The number of nitrogens with zero attached hydrogens (tertiary/aromatic N) is 1. The van der Waals surface area contributed by atoms with E-state index in [0.717, 1.165) is 6.54 Å². The maximum absolute atomic E-state index is 3.69. The fraction of sp³-hybridized carbons (Fsp3) is 1.00. The normalized spacial score (nSPS) is 27.5. The quantitative estimate of drug-likeness (QED) is 0.823. The Hall–Kier alpha value is -0.0800. The molecule has 1 heterocycles. The molecule has 0 saturated carbocycles. The molecule has 0 aliphatic carbocycles. The minimum atomic E-state index is 0.300. The van der Waals surface area contributed by atoms with Gasteiger partial charge < -0.3 is 5.32 Å². The first-order chi connectivity index (χ1) is 8.19. The van der Waals surface area contributed by atoms with Crippen LogP contribution in [0.15, 0.2) is 0 Å². The molecule has 1 aliphatic rings. The van der Waals surface area contributed by atoms with Crippen molar-refractivity contribution in [3.05, 3.63) is 0 Å². The van der Waals surface area contributed by atoms with Gasteiger partial charge in [-0.2, -0.15) is 0 Å². The Bertz CT molecular complexity index is 252. The van der Waals surface area contributed by atoms with Gasteiger partial charge in [-0.25, -0.2) is 0 Å². The lowest BCUT2D eigenvalue weighted by atomic mass is 9.79. The molecule has 0 aromatic carbocycles. The predicted molar refractivity (Wildman–Crippen MR) is 81.0 cm³/mol. The monoisotopic (exact) mass is 254 g/mol. The molecule has 2 unspecified atom stereocenters. The highest BCUT2D eigenvalue weighted by molar-refractivity contribution is 4.95. The van der Waals surface area contributed by atoms with Gasteiger partial charge >= 0.3 is 0 Å². The van der Waals surface area contributed by atoms with Crippen LogP contribution in [-0.4, -0.2) is 35.6 Å². The van der Waals surface area contributed by atoms with Gasteiger partial charge in [-0.05, 0) is 38.5 Å². The predicted octanol–water partition coefficient (Wildman–Crippen LogP) is 3.66. The Morgan fingerprint density at radius 3 is 2.11 bits per heavy atom. The smallest absolute Gasteiger partial charge is 0.0224 e. The van der Waals surface area contributed by atoms with Gasteiger partial charge in [0.2, 0.25) is 0 Å². The second-order valence-corrected chi connectivity index (χ2v) is 7.78. The highest BCUT2D eigenvalue weighted by Crippen LogP contribution is 2.34. The SMILES string of the molecule is CCC1CN(C(C)(C)CC(C)(C)C)C(CC)CN1. The molecule has 1 aliphatic heterocycles. The van der Waals surface area contributed by atoms with Gasteiger partial charge in [0.25, 0.3) is 0 Å². The van der Waals surface area contributed by atoms with Crippen LogP contribution in [0.25, 0.3) is 0 Å². The summed E-state index contributed by atoms with van der Waals surface area (Å²) in [5.41, 5.74) is 0.697. The van der Waals surface area contributed by atoms with E-state index in [1.165, 1.54) is 25.8 Å². The van der Waals surface area contributed by atoms with Crippen molar-refractivity contribution in [2.75, 3.05) is 13.1 Å². The zero-order valence-electron chi connectivity index (χ0n) is 13.6. The molecule has 0 radical (unpaired) electrons. The summed E-state index contributed by atoms with van der Waals surface area (Å²) in [5.74, 6) is 0. The van der Waals surface area contributed by atoms with E-state index in [9.17, 15) is 0 Å². The summed E-state index contributed by atoms with van der Waals surface area (Å²) in [5, 5.41) is 3.69. The first-order valence-electron chi connectivity index (χ1n) is 7.69. The zero-order valence-corrected chi connectivity index (χ0v) is 13.6. The van der Waals surface area contributed by atoms with Crippen molar-refractivity contribution in [3.63, 3.8) is 0 Å². The van der Waals surface area contributed by atoms with Crippen molar-refractivity contribution in [2.24, 2.45) is 5.41 Å². The Morgan fingerprint density at radius 1 is 1.06 bits per heavy atom. The third kappa shape index (κ3) is 4.24. The minimum Gasteiger partial charge on any atom is -0.311 e. The standard InChI is InChI=1S/C16H34N2/c1-8-13-11-18(14(9-2)10-17-13)16(6,7)12-15(3,4)5/h13-14,17H,8-12H2,1-7H3. The van der Waals surface area contributed by atoms with Crippen LogP contribution in [-0.2, 0) is 0 Å². The molecule has 2 nitrogen and oxygen atoms in total. The highest BCUT2D eigenvalue weighted by atomic mass is 15.3. The summed E-state index contributed by atoms with van der Waals surface area (Å²) >= 11 is 0. The van der Waals surface area contributed by atoms with Gasteiger partial charge in [0.1, 0.15) is 0 Å². The van der Waals surface area contributed by atoms with E-state index in [2.05, 4.69) is 58.7 Å². The average Bonchev–Trinajstić information content (AvgIpc) is 2.25. The Balaban J connectivity index is 2.80. The van der Waals surface area contributed by atoms with Crippen molar-refractivity contribution in [3.8, 4) is 0 Å². The number of hydrogen-bond acceptors (Lipinski definition) is 2. The van der Waals surface area contributed by atoms with E-state index in [1.54, 1.807) is 0 Å². The summed E-state index contributed by atoms with van der Waals surface area (Å²) in [6, 6.07) is 1.37. The van der Waals surface area contributed by atoms with Crippen molar-refractivity contribution < 1.29 is 0 Å². The third-order valence-corrected chi connectivity index (χ3v) is 4.20. The summed E-state index contributed by atoms with van der Waals surface area (Å²) in [6.45, 7) is 18.9. The molecule has 1 N–H and O–H groups in total. The van der Waals surface area contributed by atoms with Gasteiger partial charge in [-0.1, -0.05) is 34.6 Å². The van der Waals surface area contributed by atoms with Crippen LogP contribution in [0.5, 0.6) is 0 Å². The topological polar surface area (TPSA) is 15.3 Å². The van der Waals surface area contributed by atoms with Crippen molar-refractivity contribution in [1.29, 1.82) is 0 Å². The number of hydrogen-bond donors (Lipinski definition) is 1. The maximum atomic E-state index is 3.69. The van der Waals surface area contributed by atoms with E-state index in [0.29, 0.717) is 23.0 Å². The largest absolute Gasteiger partial charge is 0.311 e. The van der Waals surface area contributed by atoms with Gasteiger partial charge in [0.05, 0.1) is 0 Å². The fourth-order valence-corrected chi connectivity index (χ4v) is 3.64. The zero-order chi connectivity index (χ0) is 14.0. The van der Waals surface area contributed by atoms with Gasteiger partial charge in [-0.3, -0.25) is 4.90 Å². The molecule has 108 valence electrons. The molecule has 2 atom stereocenters. The van der Waals surface area contributed by atoms with E-state index < -0.39 is 0 Å². The van der Waals surface area contributed by atoms with E-state index >= 15 is 0 Å². The van der Waals surface area contributed by atoms with Crippen LogP contribution in [0.4, 0.5) is 0 Å². The molecule has 18 heavy (non-hydrogen) atoms. The molecule has 0 bridgehead atoms. The van der Waals surface area contributed by atoms with Crippen LogP contribution < -0.4 is 5.32 Å². The Morgan fingerprint density at radius 2 is 1.67 bits per heavy atom. The molecular formula is C16H34N2. The van der Waals surface area contributed by atoms with Crippen LogP contribution >= 0.6 is 0 Å².